The van der Waals surface area contributed by atoms with Crippen LogP contribution >= 0.6 is 7.82 Å². The molecule has 0 aliphatic rings. The number of likely N-dealkylation sites (N-methyl/N-ethyl adjacent to an activating group) is 1. The van der Waals surface area contributed by atoms with E-state index in [4.69, 9.17) is 9.05 Å². The first kappa shape index (κ1) is 74.7. The molecule has 3 atom stereocenters. The fourth-order valence-electron chi connectivity index (χ4n) is 10.1. The Labute approximate surface area is 474 Å². The Balaban J connectivity index is 4.09. The lowest BCUT2D eigenvalue weighted by atomic mass is 10.0. The molecule has 0 radical (unpaired) electrons. The average molecular weight is 1090 g/mol. The van der Waals surface area contributed by atoms with E-state index in [-0.39, 0.29) is 19.1 Å². The Hall–Kier alpha value is -1.28. The summed E-state index contributed by atoms with van der Waals surface area (Å²) >= 11 is 0. The Morgan fingerprint density at radius 3 is 1.09 bits per heavy atom. The van der Waals surface area contributed by atoms with E-state index in [9.17, 15) is 19.4 Å². The van der Waals surface area contributed by atoms with Gasteiger partial charge < -0.3 is 28.8 Å². The van der Waals surface area contributed by atoms with Crippen LogP contribution in [0.3, 0.4) is 0 Å². The fourth-order valence-corrected chi connectivity index (χ4v) is 10.9. The van der Waals surface area contributed by atoms with E-state index in [0.29, 0.717) is 17.4 Å². The number of carbonyl (C=O) groups excluding carboxylic acids is 1. The molecule has 0 saturated heterocycles. The van der Waals surface area contributed by atoms with Crippen LogP contribution in [0.2, 0.25) is 0 Å². The molecule has 0 aromatic carbocycles. The molecule has 9 heteroatoms. The van der Waals surface area contributed by atoms with Gasteiger partial charge >= 0.3 is 0 Å². The lowest BCUT2D eigenvalue weighted by Crippen LogP contribution is -2.45. The number of unbranched alkanes of at least 4 members (excludes halogenated alkanes) is 45. The van der Waals surface area contributed by atoms with Gasteiger partial charge in [-0.05, 0) is 51.4 Å². The zero-order chi connectivity index (χ0) is 55.6. The van der Waals surface area contributed by atoms with Gasteiger partial charge in [0.2, 0.25) is 5.91 Å². The summed E-state index contributed by atoms with van der Waals surface area (Å²) in [5, 5.41) is 14.0. The number of quaternary nitrogens is 1. The van der Waals surface area contributed by atoms with Crippen LogP contribution in [-0.4, -0.2) is 68.5 Å². The number of aliphatic hydroxyl groups is 1. The van der Waals surface area contributed by atoms with Crippen molar-refractivity contribution < 1.29 is 32.9 Å². The van der Waals surface area contributed by atoms with Crippen molar-refractivity contribution in [3.63, 3.8) is 0 Å². The molecule has 0 spiro atoms. The molecule has 0 saturated carbocycles. The number of hydrogen-bond acceptors (Lipinski definition) is 6. The van der Waals surface area contributed by atoms with E-state index in [2.05, 4.69) is 43.5 Å². The minimum absolute atomic E-state index is 0.0000160. The van der Waals surface area contributed by atoms with E-state index < -0.39 is 20.0 Å². The summed E-state index contributed by atoms with van der Waals surface area (Å²) in [6, 6.07) is -0.888. The van der Waals surface area contributed by atoms with Crippen LogP contribution in [-0.2, 0) is 18.4 Å². The molecule has 0 aliphatic carbocycles. The Kier molecular flexibility index (Phi) is 57.4. The van der Waals surface area contributed by atoms with Gasteiger partial charge in [0.1, 0.15) is 13.2 Å². The summed E-state index contributed by atoms with van der Waals surface area (Å²) in [6.07, 6.45) is 76.8. The second-order valence-corrected chi connectivity index (χ2v) is 25.6. The van der Waals surface area contributed by atoms with Gasteiger partial charge in [0.05, 0.1) is 39.9 Å². The van der Waals surface area contributed by atoms with Crippen molar-refractivity contribution in [2.75, 3.05) is 40.9 Å². The van der Waals surface area contributed by atoms with Crippen molar-refractivity contribution in [2.24, 2.45) is 0 Å². The number of allylic oxidation sites excluding steroid dienone is 5. The molecule has 0 fully saturated rings. The zero-order valence-corrected chi connectivity index (χ0v) is 52.4. The monoisotopic (exact) mass is 1090 g/mol. The first-order valence-corrected chi connectivity index (χ1v) is 34.8. The summed E-state index contributed by atoms with van der Waals surface area (Å²) in [4.78, 5) is 25.6. The standard InChI is InChI=1S/C67H131N2O6P/c1-6-8-10-12-14-16-18-20-22-24-26-28-30-32-33-34-35-37-38-40-42-44-46-48-50-52-54-56-58-60-66(70)65(64-75-76(72,73)74-63-62-69(3,4)5)68-67(71)61-59-57-55-53-51-49-47-45-43-41-39-36-31-29-27-25-23-21-19-17-15-13-11-9-7-2/h19,21,25,27,58,60,65-66,70H,6-18,20,22-24,26,28-57,59,61-64H2,1-5H3,(H-,68,71,72,73)/b21-19-,27-25-,60-58+. The van der Waals surface area contributed by atoms with Crippen LogP contribution < -0.4 is 10.2 Å². The van der Waals surface area contributed by atoms with Crippen LogP contribution in [0.25, 0.3) is 0 Å². The number of aliphatic hydroxyl groups excluding tert-OH is 1. The summed E-state index contributed by atoms with van der Waals surface area (Å²) in [6.45, 7) is 4.69. The molecule has 450 valence electrons. The number of rotatable bonds is 62. The van der Waals surface area contributed by atoms with Crippen molar-refractivity contribution in [2.45, 2.75) is 347 Å². The van der Waals surface area contributed by atoms with Gasteiger partial charge in [0.25, 0.3) is 7.82 Å². The normalized spacial score (nSPS) is 13.9. The molecule has 8 nitrogen and oxygen atoms in total. The van der Waals surface area contributed by atoms with Gasteiger partial charge in [-0.15, -0.1) is 0 Å². The number of amides is 1. The third-order valence-corrected chi connectivity index (χ3v) is 16.3. The maximum Gasteiger partial charge on any atom is 0.268 e. The van der Waals surface area contributed by atoms with Crippen LogP contribution in [0, 0.1) is 0 Å². The first-order valence-electron chi connectivity index (χ1n) is 33.4. The van der Waals surface area contributed by atoms with E-state index in [1.807, 2.05) is 27.2 Å². The predicted molar refractivity (Wildman–Crippen MR) is 330 cm³/mol. The van der Waals surface area contributed by atoms with Crippen LogP contribution in [0.1, 0.15) is 335 Å². The average Bonchev–Trinajstić information content (AvgIpc) is 3.38. The lowest BCUT2D eigenvalue weighted by molar-refractivity contribution is -0.870. The predicted octanol–water partition coefficient (Wildman–Crippen LogP) is 20.3. The fraction of sp³-hybridized carbons (Fsp3) is 0.896. The Bertz CT molecular complexity index is 1330. The van der Waals surface area contributed by atoms with Gasteiger partial charge in [-0.2, -0.15) is 0 Å². The Morgan fingerprint density at radius 1 is 0.461 bits per heavy atom. The number of carbonyl (C=O) groups is 1. The molecule has 1 amide bonds. The molecule has 0 aliphatic heterocycles. The van der Waals surface area contributed by atoms with Gasteiger partial charge in [0.15, 0.2) is 0 Å². The second-order valence-electron chi connectivity index (χ2n) is 24.2. The highest BCUT2D eigenvalue weighted by molar-refractivity contribution is 7.45. The molecule has 0 aromatic rings. The second kappa shape index (κ2) is 58.4. The number of nitrogens with zero attached hydrogens (tertiary/aromatic N) is 1. The topological polar surface area (TPSA) is 108 Å². The van der Waals surface area contributed by atoms with Crippen LogP contribution in [0.5, 0.6) is 0 Å². The van der Waals surface area contributed by atoms with E-state index in [0.717, 1.165) is 44.9 Å². The van der Waals surface area contributed by atoms with Crippen molar-refractivity contribution in [1.82, 2.24) is 5.32 Å². The third kappa shape index (κ3) is 60.4. The van der Waals surface area contributed by atoms with E-state index >= 15 is 0 Å². The Morgan fingerprint density at radius 2 is 0.763 bits per heavy atom. The summed E-state index contributed by atoms with van der Waals surface area (Å²) < 4.78 is 23.4. The van der Waals surface area contributed by atoms with Crippen LogP contribution in [0.4, 0.5) is 0 Å². The largest absolute Gasteiger partial charge is 0.756 e. The smallest absolute Gasteiger partial charge is 0.268 e. The van der Waals surface area contributed by atoms with Crippen molar-refractivity contribution in [3.8, 4) is 0 Å². The molecule has 0 bridgehead atoms. The summed E-state index contributed by atoms with van der Waals surface area (Å²) in [5.41, 5.74) is 0. The van der Waals surface area contributed by atoms with Crippen molar-refractivity contribution in [3.05, 3.63) is 36.5 Å². The molecule has 3 unspecified atom stereocenters. The minimum Gasteiger partial charge on any atom is -0.756 e. The first-order chi connectivity index (χ1) is 37.0. The molecule has 0 rings (SSSR count). The number of phosphoric acid groups is 1. The number of hydrogen-bond donors (Lipinski definition) is 2. The zero-order valence-electron chi connectivity index (χ0n) is 51.5. The lowest BCUT2D eigenvalue weighted by Gasteiger charge is -2.29. The SMILES string of the molecule is CCCCCCC/C=C\C/C=C\CCCCCCCCCCCCCCCC(=O)NC(COP(=O)([O-])OCC[N+](C)(C)C)C(O)/C=C/CCCCCCCCCCCCCCCCCCCCCCCCCCCCC. The molecule has 0 aromatic heterocycles. The van der Waals surface area contributed by atoms with Gasteiger partial charge in [-0.1, -0.05) is 314 Å². The highest BCUT2D eigenvalue weighted by Gasteiger charge is 2.23. The molecule has 76 heavy (non-hydrogen) atoms. The van der Waals surface area contributed by atoms with E-state index in [1.54, 1.807) is 6.08 Å². The van der Waals surface area contributed by atoms with Gasteiger partial charge in [-0.25, -0.2) is 0 Å². The highest BCUT2D eigenvalue weighted by atomic mass is 31.2. The highest BCUT2D eigenvalue weighted by Crippen LogP contribution is 2.38. The minimum atomic E-state index is -4.60. The van der Waals surface area contributed by atoms with Gasteiger partial charge in [0, 0.05) is 6.42 Å². The molecular weight excluding hydrogens is 960 g/mol. The van der Waals surface area contributed by atoms with Crippen molar-refractivity contribution in [1.29, 1.82) is 0 Å². The molecule has 2 N–H and O–H groups in total. The third-order valence-electron chi connectivity index (χ3n) is 15.3. The summed E-state index contributed by atoms with van der Waals surface area (Å²) in [7, 11) is 1.27. The number of phosphoric ester groups is 1. The van der Waals surface area contributed by atoms with Gasteiger partial charge in [-0.3, -0.25) is 9.36 Å². The molecular formula is C67H131N2O6P. The van der Waals surface area contributed by atoms with Crippen LogP contribution in [0.15, 0.2) is 36.5 Å². The quantitative estimate of drug-likeness (QED) is 0.0272. The van der Waals surface area contributed by atoms with E-state index in [1.165, 1.54) is 270 Å². The maximum atomic E-state index is 13.0. The molecule has 0 heterocycles. The number of nitrogens with one attached hydrogen (secondary N) is 1. The summed E-state index contributed by atoms with van der Waals surface area (Å²) in [5.74, 6) is -0.193. The maximum absolute atomic E-state index is 13.0. The van der Waals surface area contributed by atoms with Crippen molar-refractivity contribution >= 4 is 13.7 Å².